The molecule has 1 aromatic carbocycles. The third-order valence-corrected chi connectivity index (χ3v) is 4.76. The second-order valence-corrected chi connectivity index (χ2v) is 6.42. The highest BCUT2D eigenvalue weighted by atomic mass is 16.6. The summed E-state index contributed by atoms with van der Waals surface area (Å²) in [7, 11) is 0. The summed E-state index contributed by atoms with van der Waals surface area (Å²) in [6.07, 6.45) is 2.20. The summed E-state index contributed by atoms with van der Waals surface area (Å²) in [4.78, 5) is 6.87. The number of aromatic hydroxyl groups is 1. The molecule has 3 heterocycles. The van der Waals surface area contributed by atoms with Crippen LogP contribution in [0.3, 0.4) is 0 Å². The predicted molar refractivity (Wildman–Crippen MR) is 90.5 cm³/mol. The summed E-state index contributed by atoms with van der Waals surface area (Å²) >= 11 is 0. The van der Waals surface area contributed by atoms with Gasteiger partial charge in [-0.2, -0.15) is 0 Å². The summed E-state index contributed by atoms with van der Waals surface area (Å²) in [5, 5.41) is 10.1. The molecule has 4 rings (SSSR count). The van der Waals surface area contributed by atoms with Crippen molar-refractivity contribution in [3.63, 3.8) is 0 Å². The van der Waals surface area contributed by atoms with Crippen molar-refractivity contribution in [1.29, 1.82) is 0 Å². The number of ether oxygens (including phenoxy) is 2. The molecule has 0 spiro atoms. The average Bonchev–Trinajstić information content (AvgIpc) is 3.05. The Morgan fingerprint density at radius 3 is 3.00 bits per heavy atom. The van der Waals surface area contributed by atoms with Crippen LogP contribution in [0.5, 0.6) is 17.2 Å². The second-order valence-electron chi connectivity index (χ2n) is 6.42. The van der Waals surface area contributed by atoms with Crippen molar-refractivity contribution in [3.05, 3.63) is 47.3 Å². The van der Waals surface area contributed by atoms with Gasteiger partial charge in [0.05, 0.1) is 5.69 Å². The van der Waals surface area contributed by atoms with Gasteiger partial charge in [-0.15, -0.1) is 0 Å². The van der Waals surface area contributed by atoms with Crippen molar-refractivity contribution in [2.45, 2.75) is 32.4 Å². The van der Waals surface area contributed by atoms with E-state index in [0.717, 1.165) is 42.3 Å². The fourth-order valence-corrected chi connectivity index (χ4v) is 3.64. The lowest BCUT2D eigenvalue weighted by Gasteiger charge is -2.28. The maximum atomic E-state index is 10.1. The highest BCUT2D eigenvalue weighted by Crippen LogP contribution is 2.43. The van der Waals surface area contributed by atoms with Crippen molar-refractivity contribution in [3.8, 4) is 17.2 Å². The summed E-state index contributed by atoms with van der Waals surface area (Å²) in [6.45, 7) is 4.78. The van der Waals surface area contributed by atoms with Gasteiger partial charge in [-0.25, -0.2) is 0 Å². The lowest BCUT2D eigenvalue weighted by molar-refractivity contribution is 0.163. The minimum Gasteiger partial charge on any atom is -0.506 e. The van der Waals surface area contributed by atoms with Crippen LogP contribution in [0.4, 0.5) is 0 Å². The fraction of sp³-hybridized carbons (Fsp3) is 0.421. The number of para-hydroxylation sites is 1. The van der Waals surface area contributed by atoms with E-state index in [4.69, 9.17) is 9.47 Å². The second kappa shape index (κ2) is 6.32. The minimum atomic E-state index is 0.265. The van der Waals surface area contributed by atoms with Gasteiger partial charge in [-0.1, -0.05) is 12.1 Å². The largest absolute Gasteiger partial charge is 0.506 e. The van der Waals surface area contributed by atoms with E-state index >= 15 is 0 Å². The van der Waals surface area contributed by atoms with Gasteiger partial charge in [0.2, 0.25) is 0 Å². The Balaban J connectivity index is 1.63. The zero-order valence-corrected chi connectivity index (χ0v) is 13.9. The molecule has 1 fully saturated rings. The summed E-state index contributed by atoms with van der Waals surface area (Å²) in [5.74, 6) is 1.98. The van der Waals surface area contributed by atoms with Gasteiger partial charge < -0.3 is 14.6 Å². The van der Waals surface area contributed by atoms with E-state index in [0.29, 0.717) is 19.8 Å². The monoisotopic (exact) mass is 326 g/mol. The Morgan fingerprint density at radius 2 is 2.08 bits per heavy atom. The Bertz CT molecular complexity index is 747. The minimum absolute atomic E-state index is 0.265. The fourth-order valence-electron chi connectivity index (χ4n) is 3.64. The molecule has 1 N–H and O–H groups in total. The first-order valence-electron chi connectivity index (χ1n) is 8.50. The van der Waals surface area contributed by atoms with Crippen LogP contribution in [0.1, 0.15) is 35.8 Å². The number of benzene rings is 1. The normalized spacial score (nSPS) is 20.3. The van der Waals surface area contributed by atoms with Crippen molar-refractivity contribution in [1.82, 2.24) is 9.88 Å². The summed E-state index contributed by atoms with van der Waals surface area (Å²) in [6, 6.07) is 9.94. The highest BCUT2D eigenvalue weighted by Gasteiger charge is 2.31. The summed E-state index contributed by atoms with van der Waals surface area (Å²) < 4.78 is 11.6. The van der Waals surface area contributed by atoms with Crippen LogP contribution in [0.15, 0.2) is 30.3 Å². The van der Waals surface area contributed by atoms with Crippen LogP contribution in [-0.4, -0.2) is 34.7 Å². The van der Waals surface area contributed by atoms with E-state index < -0.39 is 0 Å². The van der Waals surface area contributed by atoms with Crippen LogP contribution in [-0.2, 0) is 6.54 Å². The number of hydrogen-bond donors (Lipinski definition) is 1. The molecule has 2 aromatic rings. The molecule has 126 valence electrons. The van der Waals surface area contributed by atoms with E-state index in [-0.39, 0.29) is 11.8 Å². The zero-order valence-electron chi connectivity index (χ0n) is 13.9. The first-order valence-corrected chi connectivity index (χ1v) is 8.50. The molecule has 0 saturated carbocycles. The highest BCUT2D eigenvalue weighted by molar-refractivity contribution is 5.49. The van der Waals surface area contributed by atoms with Crippen LogP contribution in [0.2, 0.25) is 0 Å². The zero-order chi connectivity index (χ0) is 16.5. The molecule has 2 aliphatic heterocycles. The van der Waals surface area contributed by atoms with E-state index in [1.807, 2.05) is 25.1 Å². The molecule has 0 bridgehead atoms. The number of hydrogen-bond acceptors (Lipinski definition) is 5. The number of aromatic nitrogens is 1. The van der Waals surface area contributed by atoms with Crippen molar-refractivity contribution in [2.24, 2.45) is 0 Å². The van der Waals surface area contributed by atoms with Gasteiger partial charge in [-0.05, 0) is 44.5 Å². The molecule has 2 aliphatic rings. The summed E-state index contributed by atoms with van der Waals surface area (Å²) in [5.41, 5.74) is 2.84. The number of rotatable bonds is 3. The number of fused-ring (bicyclic) bond motifs is 1. The maximum absolute atomic E-state index is 10.1. The molecular weight excluding hydrogens is 304 g/mol. The van der Waals surface area contributed by atoms with Crippen molar-refractivity contribution < 1.29 is 14.6 Å². The maximum Gasteiger partial charge on any atom is 0.166 e. The topological polar surface area (TPSA) is 54.8 Å². The number of aryl methyl sites for hydroxylation is 1. The first kappa shape index (κ1) is 15.3. The Labute approximate surface area is 141 Å². The number of nitrogens with zero attached hydrogens (tertiary/aromatic N) is 2. The van der Waals surface area contributed by atoms with E-state index in [1.54, 1.807) is 6.07 Å². The lowest BCUT2D eigenvalue weighted by atomic mass is 10.0. The molecule has 1 unspecified atom stereocenters. The van der Waals surface area contributed by atoms with Gasteiger partial charge in [0.1, 0.15) is 19.0 Å². The lowest BCUT2D eigenvalue weighted by Crippen LogP contribution is -2.25. The number of likely N-dealkylation sites (tertiary alicyclic amines) is 1. The molecule has 24 heavy (non-hydrogen) atoms. The molecule has 0 aliphatic carbocycles. The molecule has 1 atom stereocenters. The molecule has 5 heteroatoms. The van der Waals surface area contributed by atoms with Crippen LogP contribution >= 0.6 is 0 Å². The molecule has 1 aromatic heterocycles. The van der Waals surface area contributed by atoms with Crippen molar-refractivity contribution >= 4 is 0 Å². The van der Waals surface area contributed by atoms with Crippen LogP contribution in [0, 0.1) is 6.92 Å². The quantitative estimate of drug-likeness (QED) is 0.939. The number of pyridine rings is 1. The average molecular weight is 326 g/mol. The molecular formula is C19H22N2O3. The van der Waals surface area contributed by atoms with Crippen LogP contribution < -0.4 is 9.47 Å². The molecule has 0 radical (unpaired) electrons. The van der Waals surface area contributed by atoms with E-state index in [2.05, 4.69) is 16.0 Å². The molecule has 5 nitrogen and oxygen atoms in total. The predicted octanol–water partition coefficient (Wildman–Crippen LogP) is 3.20. The van der Waals surface area contributed by atoms with Gasteiger partial charge in [0.15, 0.2) is 11.5 Å². The van der Waals surface area contributed by atoms with E-state index in [1.165, 1.54) is 5.56 Å². The third kappa shape index (κ3) is 2.80. The van der Waals surface area contributed by atoms with Gasteiger partial charge in [0.25, 0.3) is 0 Å². The smallest absolute Gasteiger partial charge is 0.166 e. The van der Waals surface area contributed by atoms with Gasteiger partial charge in [0, 0.05) is 23.8 Å². The third-order valence-electron chi connectivity index (χ3n) is 4.76. The SMILES string of the molecule is Cc1ccc(O)c(CN2CCCC2c2cccc3c2OCCO3)n1. The molecule has 0 amide bonds. The Morgan fingerprint density at radius 1 is 1.21 bits per heavy atom. The Hall–Kier alpha value is -2.27. The standard InChI is InChI=1S/C19H22N2O3/c1-13-7-8-17(22)15(20-13)12-21-9-3-5-16(21)14-4-2-6-18-19(14)24-11-10-23-18/h2,4,6-8,16,22H,3,5,9-12H2,1H3. The van der Waals surface area contributed by atoms with Crippen molar-refractivity contribution in [2.75, 3.05) is 19.8 Å². The first-order chi connectivity index (χ1) is 11.7. The Kier molecular flexibility index (Phi) is 4.02. The van der Waals surface area contributed by atoms with Gasteiger partial charge >= 0.3 is 0 Å². The van der Waals surface area contributed by atoms with E-state index in [9.17, 15) is 5.11 Å². The van der Waals surface area contributed by atoms with Gasteiger partial charge in [-0.3, -0.25) is 9.88 Å². The van der Waals surface area contributed by atoms with Crippen LogP contribution in [0.25, 0.3) is 0 Å². The molecule has 1 saturated heterocycles.